The minimum absolute atomic E-state index is 0.0414. The molecule has 0 radical (unpaired) electrons. The maximum Gasteiger partial charge on any atom is 0.227 e. The molecule has 0 bridgehead atoms. The number of aromatic nitrogens is 4. The summed E-state index contributed by atoms with van der Waals surface area (Å²) in [5.41, 5.74) is 9.82. The highest BCUT2D eigenvalue weighted by Gasteiger charge is 2.44. The average molecular weight is 619 g/mol. The molecule has 7 aromatic rings. The van der Waals surface area contributed by atoms with Crippen molar-refractivity contribution in [3.8, 4) is 34.2 Å². The van der Waals surface area contributed by atoms with Crippen LogP contribution >= 0.6 is 0 Å². The van der Waals surface area contributed by atoms with Gasteiger partial charge in [-0.1, -0.05) is 140 Å². The number of rotatable bonds is 5. The Kier molecular flexibility index (Phi) is 6.57. The lowest BCUT2D eigenvalue weighted by molar-refractivity contribution is 0.503. The van der Waals surface area contributed by atoms with E-state index in [4.69, 9.17) is 24.4 Å². The molecule has 48 heavy (non-hydrogen) atoms. The molecule has 0 amide bonds. The van der Waals surface area contributed by atoms with Crippen LogP contribution in [0, 0.1) is 5.92 Å². The van der Waals surface area contributed by atoms with Crippen molar-refractivity contribution in [3.05, 3.63) is 180 Å². The zero-order valence-electron chi connectivity index (χ0n) is 26.3. The summed E-state index contributed by atoms with van der Waals surface area (Å²) in [7, 11) is 0. The van der Waals surface area contributed by atoms with Crippen LogP contribution in [-0.4, -0.2) is 19.9 Å². The molecule has 0 spiro atoms. The first-order valence-corrected chi connectivity index (χ1v) is 16.2. The van der Waals surface area contributed by atoms with Gasteiger partial charge in [-0.05, 0) is 46.5 Å². The summed E-state index contributed by atoms with van der Waals surface area (Å²) in [6.07, 6.45) is 8.97. The number of fused-ring (bicyclic) bond motifs is 4. The standard InChI is InChI=1S/C43H30N4O/c1-43-27-13-12-20-34(43)37(28-23-25-31(26-24-28)42-44-35-21-10-11-22-36(35)48-42)38(32-18-8-9-19-33(32)43)41-46-39(29-14-4-2-5-15-29)45-40(47-41)30-16-6-3-7-17-30/h2-27,34H,1H3. The second-order valence-corrected chi connectivity index (χ2v) is 12.4. The number of allylic oxidation sites excluding steroid dienone is 5. The third-order valence-electron chi connectivity index (χ3n) is 9.52. The monoisotopic (exact) mass is 618 g/mol. The predicted molar refractivity (Wildman–Crippen MR) is 192 cm³/mol. The third kappa shape index (κ3) is 4.63. The molecule has 0 N–H and O–H groups in total. The van der Waals surface area contributed by atoms with Crippen LogP contribution in [0.1, 0.15) is 29.4 Å². The summed E-state index contributed by atoms with van der Waals surface area (Å²) < 4.78 is 6.12. The Labute approximate surface area is 278 Å². The molecular formula is C43H30N4O. The van der Waals surface area contributed by atoms with Crippen LogP contribution < -0.4 is 0 Å². The largest absolute Gasteiger partial charge is 0.436 e. The molecule has 2 aliphatic rings. The number of hydrogen-bond donors (Lipinski definition) is 0. The SMILES string of the molecule is CC12C=CC=CC1C(c1ccc(-c3nc4ccccc4o3)cc1)=C(c1nc(-c3ccccc3)nc(-c3ccccc3)n1)c1ccccc12. The normalized spacial score (nSPS) is 18.1. The van der Waals surface area contributed by atoms with Gasteiger partial charge in [0.1, 0.15) is 5.52 Å². The van der Waals surface area contributed by atoms with Gasteiger partial charge in [0.2, 0.25) is 5.89 Å². The Bertz CT molecular complexity index is 2310. The number of benzene rings is 5. The van der Waals surface area contributed by atoms with E-state index in [1.807, 2.05) is 60.7 Å². The molecule has 0 fully saturated rings. The lowest BCUT2D eigenvalue weighted by Gasteiger charge is -2.43. The van der Waals surface area contributed by atoms with E-state index in [0.29, 0.717) is 23.4 Å². The fourth-order valence-corrected chi connectivity index (χ4v) is 7.13. The molecule has 2 aliphatic carbocycles. The Morgan fingerprint density at radius 3 is 1.85 bits per heavy atom. The van der Waals surface area contributed by atoms with Crippen molar-refractivity contribution in [3.63, 3.8) is 0 Å². The zero-order valence-corrected chi connectivity index (χ0v) is 26.3. The second-order valence-electron chi connectivity index (χ2n) is 12.4. The summed E-state index contributed by atoms with van der Waals surface area (Å²) in [6, 6.07) is 45.4. The number of oxazole rings is 1. The summed E-state index contributed by atoms with van der Waals surface area (Å²) >= 11 is 0. The van der Waals surface area contributed by atoms with Gasteiger partial charge in [-0.3, -0.25) is 0 Å². The second kappa shape index (κ2) is 11.2. The van der Waals surface area contributed by atoms with Crippen LogP contribution in [0.5, 0.6) is 0 Å². The molecule has 0 saturated heterocycles. The highest BCUT2D eigenvalue weighted by molar-refractivity contribution is 6.02. The van der Waals surface area contributed by atoms with Crippen molar-refractivity contribution >= 4 is 22.2 Å². The van der Waals surface area contributed by atoms with Gasteiger partial charge in [-0.25, -0.2) is 19.9 Å². The lowest BCUT2D eigenvalue weighted by Crippen LogP contribution is -2.36. The number of hydrogen-bond acceptors (Lipinski definition) is 5. The quantitative estimate of drug-likeness (QED) is 0.192. The number of para-hydroxylation sites is 2. The van der Waals surface area contributed by atoms with Crippen molar-refractivity contribution in [2.24, 2.45) is 5.92 Å². The van der Waals surface area contributed by atoms with Crippen molar-refractivity contribution in [2.75, 3.05) is 0 Å². The lowest BCUT2D eigenvalue weighted by atomic mass is 9.59. The Balaban J connectivity index is 1.31. The summed E-state index contributed by atoms with van der Waals surface area (Å²) in [5, 5.41) is 0. The molecule has 2 aromatic heterocycles. The Morgan fingerprint density at radius 1 is 0.542 bits per heavy atom. The van der Waals surface area contributed by atoms with Crippen molar-refractivity contribution in [2.45, 2.75) is 12.3 Å². The fraction of sp³-hybridized carbons (Fsp3) is 0.0698. The van der Waals surface area contributed by atoms with Gasteiger partial charge in [0.25, 0.3) is 0 Å². The molecule has 5 nitrogen and oxygen atoms in total. The number of nitrogens with zero attached hydrogens (tertiary/aromatic N) is 4. The molecule has 2 atom stereocenters. The van der Waals surface area contributed by atoms with E-state index in [-0.39, 0.29) is 11.3 Å². The maximum atomic E-state index is 6.12. The molecule has 2 unspecified atom stereocenters. The topological polar surface area (TPSA) is 64.7 Å². The first-order chi connectivity index (χ1) is 23.7. The van der Waals surface area contributed by atoms with Gasteiger partial charge >= 0.3 is 0 Å². The van der Waals surface area contributed by atoms with E-state index in [1.54, 1.807) is 0 Å². The highest BCUT2D eigenvalue weighted by Crippen LogP contribution is 2.54. The zero-order chi connectivity index (χ0) is 32.1. The molecule has 5 aromatic carbocycles. The van der Waals surface area contributed by atoms with Crippen LogP contribution in [0.3, 0.4) is 0 Å². The van der Waals surface area contributed by atoms with Gasteiger partial charge in [0.15, 0.2) is 23.1 Å². The first-order valence-electron chi connectivity index (χ1n) is 16.2. The van der Waals surface area contributed by atoms with Crippen molar-refractivity contribution < 1.29 is 4.42 Å². The van der Waals surface area contributed by atoms with E-state index in [2.05, 4.69) is 104 Å². The molecule has 0 aliphatic heterocycles. The molecule has 0 saturated carbocycles. The minimum atomic E-state index is -0.263. The maximum absolute atomic E-state index is 6.12. The molecule has 2 heterocycles. The highest BCUT2D eigenvalue weighted by atomic mass is 16.3. The average Bonchev–Trinajstić information content (AvgIpc) is 3.60. The van der Waals surface area contributed by atoms with E-state index in [0.717, 1.165) is 44.5 Å². The van der Waals surface area contributed by atoms with Crippen LogP contribution in [0.25, 0.3) is 56.5 Å². The summed E-state index contributed by atoms with van der Waals surface area (Å²) in [4.78, 5) is 20.2. The van der Waals surface area contributed by atoms with Gasteiger partial charge in [0, 0.05) is 33.6 Å². The van der Waals surface area contributed by atoms with Crippen molar-refractivity contribution in [1.82, 2.24) is 19.9 Å². The van der Waals surface area contributed by atoms with Gasteiger partial charge in [-0.2, -0.15) is 0 Å². The first kappa shape index (κ1) is 28.1. The smallest absolute Gasteiger partial charge is 0.227 e. The van der Waals surface area contributed by atoms with Gasteiger partial charge < -0.3 is 4.42 Å². The van der Waals surface area contributed by atoms with Crippen LogP contribution in [0.15, 0.2) is 162 Å². The van der Waals surface area contributed by atoms with Crippen LogP contribution in [-0.2, 0) is 5.41 Å². The van der Waals surface area contributed by atoms with E-state index >= 15 is 0 Å². The predicted octanol–water partition coefficient (Wildman–Crippen LogP) is 9.99. The van der Waals surface area contributed by atoms with Crippen molar-refractivity contribution in [1.29, 1.82) is 0 Å². The third-order valence-corrected chi connectivity index (χ3v) is 9.52. The van der Waals surface area contributed by atoms with Crippen LogP contribution in [0.2, 0.25) is 0 Å². The summed E-state index contributed by atoms with van der Waals surface area (Å²) in [6.45, 7) is 2.33. The minimum Gasteiger partial charge on any atom is -0.436 e. The van der Waals surface area contributed by atoms with Crippen LogP contribution in [0.4, 0.5) is 0 Å². The fourth-order valence-electron chi connectivity index (χ4n) is 7.13. The summed E-state index contributed by atoms with van der Waals surface area (Å²) in [5.74, 6) is 2.58. The Morgan fingerprint density at radius 2 is 1.15 bits per heavy atom. The molecule has 9 rings (SSSR count). The van der Waals surface area contributed by atoms with E-state index in [9.17, 15) is 0 Å². The molecule has 5 heteroatoms. The molecule has 228 valence electrons. The van der Waals surface area contributed by atoms with E-state index < -0.39 is 0 Å². The molecular weight excluding hydrogens is 589 g/mol. The van der Waals surface area contributed by atoms with E-state index in [1.165, 1.54) is 11.1 Å². The van der Waals surface area contributed by atoms with Gasteiger partial charge in [0.05, 0.1) is 0 Å². The Hall–Kier alpha value is -6.20. The van der Waals surface area contributed by atoms with Gasteiger partial charge in [-0.15, -0.1) is 0 Å².